The number of hydrogen-bond donors (Lipinski definition) is 0. The molecule has 132 valence electrons. The summed E-state index contributed by atoms with van der Waals surface area (Å²) in [5.74, 6) is -2.85. The highest BCUT2D eigenvalue weighted by Crippen LogP contribution is 2.32. The van der Waals surface area contributed by atoms with Crippen LogP contribution in [-0.2, 0) is 12.3 Å². The first-order valence-electron chi connectivity index (χ1n) is 8.22. The van der Waals surface area contributed by atoms with Gasteiger partial charge in [0.25, 0.3) is 5.92 Å². The summed E-state index contributed by atoms with van der Waals surface area (Å²) in [7, 11) is 1.77. The van der Waals surface area contributed by atoms with E-state index in [9.17, 15) is 8.78 Å². The van der Waals surface area contributed by atoms with E-state index in [1.807, 2.05) is 19.1 Å². The molecule has 1 aromatic carbocycles. The Balaban J connectivity index is 3.29. The summed E-state index contributed by atoms with van der Waals surface area (Å²) in [4.78, 5) is 4.38. The molecule has 0 radical (unpaired) electrons. The molecule has 24 heavy (non-hydrogen) atoms. The van der Waals surface area contributed by atoms with E-state index in [1.54, 1.807) is 19.2 Å². The van der Waals surface area contributed by atoms with Crippen LogP contribution >= 0.6 is 0 Å². The third-order valence-corrected chi connectivity index (χ3v) is 3.79. The normalized spacial score (nSPS) is 14.0. The third-order valence-electron chi connectivity index (χ3n) is 3.79. The minimum Gasteiger partial charge on any atom is -0.293 e. The zero-order valence-corrected chi connectivity index (χ0v) is 15.7. The lowest BCUT2D eigenvalue weighted by Gasteiger charge is -2.21. The van der Waals surface area contributed by atoms with Crippen molar-refractivity contribution in [2.75, 3.05) is 7.05 Å². The second kappa shape index (κ2) is 7.87. The van der Waals surface area contributed by atoms with E-state index >= 15 is 0 Å². The van der Waals surface area contributed by atoms with Gasteiger partial charge in [0.2, 0.25) is 0 Å². The van der Waals surface area contributed by atoms with Crippen molar-refractivity contribution < 1.29 is 8.78 Å². The number of nitrogens with zero attached hydrogens (tertiary/aromatic N) is 1. The molecule has 0 aliphatic carbocycles. The average molecular weight is 333 g/mol. The fourth-order valence-electron chi connectivity index (χ4n) is 2.71. The van der Waals surface area contributed by atoms with Gasteiger partial charge in [-0.3, -0.25) is 4.99 Å². The number of allylic oxidation sites excluding steroid dienone is 3. The smallest absolute Gasteiger partial charge is 0.270 e. The summed E-state index contributed by atoms with van der Waals surface area (Å²) < 4.78 is 27.8. The molecule has 0 saturated heterocycles. The molecule has 0 N–H and O–H groups in total. The molecule has 0 spiro atoms. The van der Waals surface area contributed by atoms with Crippen molar-refractivity contribution in [3.63, 3.8) is 0 Å². The SMILES string of the molecule is C=C(C)C/C(=C/C(=N\C)C(C)(C)C)Cc1ccccc1C(C)(F)F. The second-order valence-electron chi connectivity index (χ2n) is 7.52. The van der Waals surface area contributed by atoms with Gasteiger partial charge in [0.05, 0.1) is 0 Å². The Kier molecular flexibility index (Phi) is 6.65. The first-order valence-corrected chi connectivity index (χ1v) is 8.22. The lowest BCUT2D eigenvalue weighted by atomic mass is 9.86. The Morgan fingerprint density at radius 3 is 2.21 bits per heavy atom. The van der Waals surface area contributed by atoms with Gasteiger partial charge < -0.3 is 0 Å². The summed E-state index contributed by atoms with van der Waals surface area (Å²) in [5, 5.41) is 0. The van der Waals surface area contributed by atoms with Crippen LogP contribution < -0.4 is 0 Å². The van der Waals surface area contributed by atoms with Gasteiger partial charge in [-0.15, -0.1) is 0 Å². The largest absolute Gasteiger partial charge is 0.293 e. The summed E-state index contributed by atoms with van der Waals surface area (Å²) in [6.07, 6.45) is 3.19. The zero-order chi connectivity index (χ0) is 18.5. The second-order valence-corrected chi connectivity index (χ2v) is 7.52. The molecule has 1 aromatic rings. The Bertz CT molecular complexity index is 641. The molecule has 1 nitrogen and oxygen atoms in total. The molecule has 0 aliphatic rings. The van der Waals surface area contributed by atoms with E-state index in [0.29, 0.717) is 18.4 Å². The maximum atomic E-state index is 13.9. The molecular weight excluding hydrogens is 304 g/mol. The van der Waals surface area contributed by atoms with Gasteiger partial charge >= 0.3 is 0 Å². The van der Waals surface area contributed by atoms with Crippen LogP contribution in [0, 0.1) is 5.41 Å². The van der Waals surface area contributed by atoms with Crippen molar-refractivity contribution in [2.45, 2.75) is 53.4 Å². The Hall–Kier alpha value is -1.77. The molecule has 0 amide bonds. The van der Waals surface area contributed by atoms with Crippen molar-refractivity contribution in [2.24, 2.45) is 10.4 Å². The van der Waals surface area contributed by atoms with Crippen molar-refractivity contribution in [1.29, 1.82) is 0 Å². The fraction of sp³-hybridized carbons (Fsp3) is 0.476. The van der Waals surface area contributed by atoms with Crippen LogP contribution in [0.5, 0.6) is 0 Å². The molecular formula is C21H29F2N. The van der Waals surface area contributed by atoms with E-state index in [1.165, 1.54) is 6.07 Å². The van der Waals surface area contributed by atoms with Crippen LogP contribution in [0.4, 0.5) is 8.78 Å². The van der Waals surface area contributed by atoms with Crippen LogP contribution in [-0.4, -0.2) is 12.8 Å². The summed E-state index contributed by atoms with van der Waals surface area (Å²) >= 11 is 0. The van der Waals surface area contributed by atoms with Crippen LogP contribution in [0.15, 0.2) is 53.1 Å². The molecule has 0 aliphatic heterocycles. The summed E-state index contributed by atoms with van der Waals surface area (Å²) in [6.45, 7) is 13.2. The summed E-state index contributed by atoms with van der Waals surface area (Å²) in [5.41, 5.74) is 3.66. The van der Waals surface area contributed by atoms with E-state index in [-0.39, 0.29) is 11.0 Å². The molecule has 0 atom stereocenters. The van der Waals surface area contributed by atoms with Crippen LogP contribution in [0.1, 0.15) is 52.2 Å². The molecule has 0 heterocycles. The number of halogens is 2. The monoisotopic (exact) mass is 333 g/mol. The van der Waals surface area contributed by atoms with Gasteiger partial charge in [-0.2, -0.15) is 0 Å². The molecule has 0 saturated carbocycles. The predicted molar refractivity (Wildman–Crippen MR) is 100 cm³/mol. The number of aliphatic imine (C=N–C) groups is 1. The zero-order valence-electron chi connectivity index (χ0n) is 15.7. The highest BCUT2D eigenvalue weighted by Gasteiger charge is 2.27. The van der Waals surface area contributed by atoms with E-state index in [4.69, 9.17) is 0 Å². The third kappa shape index (κ3) is 6.03. The van der Waals surface area contributed by atoms with Crippen LogP contribution in [0.2, 0.25) is 0 Å². The average Bonchev–Trinajstić information content (AvgIpc) is 2.42. The lowest BCUT2D eigenvalue weighted by Crippen LogP contribution is -2.19. The minimum absolute atomic E-state index is 0.0864. The lowest BCUT2D eigenvalue weighted by molar-refractivity contribution is 0.0166. The van der Waals surface area contributed by atoms with Crippen LogP contribution in [0.25, 0.3) is 0 Å². The van der Waals surface area contributed by atoms with Gasteiger partial charge in [0, 0.05) is 30.7 Å². The minimum atomic E-state index is -2.85. The van der Waals surface area contributed by atoms with Gasteiger partial charge in [0.15, 0.2) is 0 Å². The summed E-state index contributed by atoms with van der Waals surface area (Å²) in [6, 6.07) is 6.75. The number of benzene rings is 1. The van der Waals surface area contributed by atoms with E-state index in [2.05, 4.69) is 32.3 Å². The highest BCUT2D eigenvalue weighted by molar-refractivity contribution is 5.99. The molecule has 0 fully saturated rings. The fourth-order valence-corrected chi connectivity index (χ4v) is 2.71. The highest BCUT2D eigenvalue weighted by atomic mass is 19.3. The van der Waals surface area contributed by atoms with Crippen LogP contribution in [0.3, 0.4) is 0 Å². The molecule has 1 rings (SSSR count). The van der Waals surface area contributed by atoms with Crippen molar-refractivity contribution in [1.82, 2.24) is 0 Å². The molecule has 0 bridgehead atoms. The maximum absolute atomic E-state index is 13.9. The predicted octanol–water partition coefficient (Wildman–Crippen LogP) is 6.35. The van der Waals surface area contributed by atoms with Crippen molar-refractivity contribution >= 4 is 5.71 Å². The Morgan fingerprint density at radius 1 is 1.17 bits per heavy atom. The maximum Gasteiger partial charge on any atom is 0.270 e. The van der Waals surface area contributed by atoms with Crippen molar-refractivity contribution in [3.05, 3.63) is 59.2 Å². The molecule has 0 aromatic heterocycles. The van der Waals surface area contributed by atoms with Crippen molar-refractivity contribution in [3.8, 4) is 0 Å². The van der Waals surface area contributed by atoms with Gasteiger partial charge in [0.1, 0.15) is 0 Å². The topological polar surface area (TPSA) is 12.4 Å². The standard InChI is InChI=1S/C21H29F2N/c1-15(2)12-16(14-19(24-7)20(3,4)5)13-17-10-8-9-11-18(17)21(6,22)23/h8-11,14H,1,12-13H2,2-7H3/b16-14-,24-19+. The van der Waals surface area contributed by atoms with E-state index < -0.39 is 5.92 Å². The van der Waals surface area contributed by atoms with E-state index in [0.717, 1.165) is 23.8 Å². The van der Waals surface area contributed by atoms with Gasteiger partial charge in [-0.1, -0.05) is 62.8 Å². The number of rotatable bonds is 6. The first kappa shape index (κ1) is 20.3. The Labute approximate surface area is 145 Å². The molecule has 3 heteroatoms. The number of hydrogen-bond acceptors (Lipinski definition) is 1. The van der Waals surface area contributed by atoms with Gasteiger partial charge in [-0.05, 0) is 31.4 Å². The van der Waals surface area contributed by atoms with Gasteiger partial charge in [-0.25, -0.2) is 8.78 Å². The Morgan fingerprint density at radius 2 is 1.75 bits per heavy atom. The number of alkyl halides is 2. The first-order chi connectivity index (χ1) is 10.9. The molecule has 0 unspecified atom stereocenters. The quantitative estimate of drug-likeness (QED) is 0.425.